The first kappa shape index (κ1) is 58.3. The Balaban J connectivity index is 3.50. The number of esters is 1. The van der Waals surface area contributed by atoms with Crippen molar-refractivity contribution in [1.29, 1.82) is 0 Å². The molecule has 0 aliphatic carbocycles. The van der Waals surface area contributed by atoms with Crippen LogP contribution >= 0.6 is 0 Å². The van der Waals surface area contributed by atoms with E-state index in [1.807, 2.05) is 0 Å². The minimum Gasteiger partial charge on any atom is -0.466 e. The molecular formula is C54H103NO5. The van der Waals surface area contributed by atoms with Crippen LogP contribution in [0.5, 0.6) is 0 Å². The summed E-state index contributed by atoms with van der Waals surface area (Å²) < 4.78 is 5.45. The SMILES string of the molecule is CCCCCCCCC/C=C\CCCCCCCC(=O)OCCCCC/C=C\CCCCCCCC(=O)NC(CO)C(O)CCCCCCCCCCCCCCCCC. The molecule has 0 bridgehead atoms. The van der Waals surface area contributed by atoms with Gasteiger partial charge in [0.25, 0.3) is 0 Å². The Morgan fingerprint density at radius 3 is 1.18 bits per heavy atom. The standard InChI is InChI=1S/C54H103NO5/c1-3-5-7-9-11-13-15-17-19-21-23-28-32-36-40-44-48-54(59)60-49-45-41-37-33-29-25-24-27-31-35-39-43-47-53(58)55-51(50-56)52(57)46-42-38-34-30-26-22-20-18-16-14-12-10-8-6-4-2/h19,21,25,29,51-52,56-57H,3-18,20,22-24,26-28,30-50H2,1-2H3,(H,55,58)/b21-19-,29-25-. The number of ether oxygens (including phenoxy) is 1. The lowest BCUT2D eigenvalue weighted by molar-refractivity contribution is -0.143. The minimum absolute atomic E-state index is 0.0301. The summed E-state index contributed by atoms with van der Waals surface area (Å²) in [5.41, 5.74) is 0. The molecule has 0 fully saturated rings. The van der Waals surface area contributed by atoms with Gasteiger partial charge in [0.1, 0.15) is 0 Å². The van der Waals surface area contributed by atoms with Gasteiger partial charge in [-0.1, -0.05) is 212 Å². The molecular weight excluding hydrogens is 743 g/mol. The van der Waals surface area contributed by atoms with E-state index in [9.17, 15) is 19.8 Å². The molecule has 0 saturated heterocycles. The Kier molecular flexibility index (Phi) is 48.6. The van der Waals surface area contributed by atoms with E-state index >= 15 is 0 Å². The highest BCUT2D eigenvalue weighted by molar-refractivity contribution is 5.76. The number of aliphatic hydroxyl groups is 2. The molecule has 6 nitrogen and oxygen atoms in total. The Morgan fingerprint density at radius 2 is 0.783 bits per heavy atom. The molecule has 0 aromatic rings. The van der Waals surface area contributed by atoms with Crippen molar-refractivity contribution in [2.45, 2.75) is 296 Å². The molecule has 2 unspecified atom stereocenters. The third kappa shape index (κ3) is 45.9. The topological polar surface area (TPSA) is 95.9 Å². The second-order valence-corrected chi connectivity index (χ2v) is 18.2. The third-order valence-corrected chi connectivity index (χ3v) is 12.2. The first-order valence-corrected chi connectivity index (χ1v) is 26.6. The molecule has 0 aliphatic heterocycles. The van der Waals surface area contributed by atoms with Crippen molar-refractivity contribution in [3.63, 3.8) is 0 Å². The summed E-state index contributed by atoms with van der Waals surface area (Å²) in [6, 6.07) is -0.560. The van der Waals surface area contributed by atoms with Gasteiger partial charge in [-0.15, -0.1) is 0 Å². The van der Waals surface area contributed by atoms with E-state index in [1.54, 1.807) is 0 Å². The first-order valence-electron chi connectivity index (χ1n) is 26.6. The average Bonchev–Trinajstić information content (AvgIpc) is 3.25. The lowest BCUT2D eigenvalue weighted by atomic mass is 10.0. The number of nitrogens with one attached hydrogen (secondary N) is 1. The molecule has 0 aliphatic rings. The summed E-state index contributed by atoms with van der Waals surface area (Å²) in [5, 5.41) is 23.2. The molecule has 0 radical (unpaired) electrons. The largest absolute Gasteiger partial charge is 0.466 e. The van der Waals surface area contributed by atoms with Gasteiger partial charge in [-0.05, 0) is 83.5 Å². The fourth-order valence-corrected chi connectivity index (χ4v) is 8.10. The molecule has 0 rings (SSSR count). The maximum absolute atomic E-state index is 12.4. The van der Waals surface area contributed by atoms with Crippen LogP contribution in [0, 0.1) is 0 Å². The van der Waals surface area contributed by atoms with Crippen LogP contribution in [-0.2, 0) is 14.3 Å². The highest BCUT2D eigenvalue weighted by Gasteiger charge is 2.20. The predicted octanol–water partition coefficient (Wildman–Crippen LogP) is 15.9. The number of hydrogen-bond acceptors (Lipinski definition) is 5. The second kappa shape index (κ2) is 50.0. The van der Waals surface area contributed by atoms with Crippen molar-refractivity contribution in [1.82, 2.24) is 5.32 Å². The normalized spacial score (nSPS) is 12.8. The van der Waals surface area contributed by atoms with Gasteiger partial charge in [0.2, 0.25) is 5.91 Å². The number of allylic oxidation sites excluding steroid dienone is 4. The number of amides is 1. The van der Waals surface area contributed by atoms with E-state index in [-0.39, 0.29) is 18.5 Å². The fourth-order valence-electron chi connectivity index (χ4n) is 8.10. The Bertz CT molecular complexity index is 935. The van der Waals surface area contributed by atoms with E-state index in [0.717, 1.165) is 77.0 Å². The van der Waals surface area contributed by atoms with Crippen molar-refractivity contribution in [2.75, 3.05) is 13.2 Å². The zero-order chi connectivity index (χ0) is 43.7. The highest BCUT2D eigenvalue weighted by Crippen LogP contribution is 2.16. The maximum Gasteiger partial charge on any atom is 0.305 e. The molecule has 0 heterocycles. The van der Waals surface area contributed by atoms with Crippen LogP contribution in [0.4, 0.5) is 0 Å². The van der Waals surface area contributed by atoms with E-state index < -0.39 is 12.1 Å². The second-order valence-electron chi connectivity index (χ2n) is 18.2. The van der Waals surface area contributed by atoms with Crippen LogP contribution < -0.4 is 5.32 Å². The van der Waals surface area contributed by atoms with Crippen molar-refractivity contribution >= 4 is 11.9 Å². The number of rotatable bonds is 49. The maximum atomic E-state index is 12.4. The lowest BCUT2D eigenvalue weighted by Crippen LogP contribution is -2.45. The van der Waals surface area contributed by atoms with Gasteiger partial charge < -0.3 is 20.3 Å². The van der Waals surface area contributed by atoms with Gasteiger partial charge in [0.15, 0.2) is 0 Å². The number of unbranched alkanes of at least 4 members (excludes halogenated alkanes) is 34. The predicted molar refractivity (Wildman–Crippen MR) is 260 cm³/mol. The monoisotopic (exact) mass is 846 g/mol. The van der Waals surface area contributed by atoms with E-state index in [0.29, 0.717) is 25.9 Å². The van der Waals surface area contributed by atoms with E-state index in [4.69, 9.17) is 4.74 Å². The van der Waals surface area contributed by atoms with Gasteiger partial charge >= 0.3 is 5.97 Å². The molecule has 6 heteroatoms. The molecule has 1 amide bonds. The van der Waals surface area contributed by atoms with Crippen LogP contribution in [0.1, 0.15) is 284 Å². The number of aliphatic hydroxyl groups excluding tert-OH is 2. The van der Waals surface area contributed by atoms with Crippen LogP contribution in [0.2, 0.25) is 0 Å². The van der Waals surface area contributed by atoms with Crippen molar-refractivity contribution < 1.29 is 24.5 Å². The molecule has 0 aromatic heterocycles. The van der Waals surface area contributed by atoms with E-state index in [1.165, 1.54) is 173 Å². The molecule has 354 valence electrons. The summed E-state index contributed by atoms with van der Waals surface area (Å²) in [4.78, 5) is 24.5. The average molecular weight is 846 g/mol. The van der Waals surface area contributed by atoms with Crippen LogP contribution in [0.25, 0.3) is 0 Å². The number of carbonyl (C=O) groups is 2. The first-order chi connectivity index (χ1) is 29.5. The van der Waals surface area contributed by atoms with Gasteiger partial charge in [0, 0.05) is 12.8 Å². The zero-order valence-electron chi connectivity index (χ0n) is 40.2. The summed E-state index contributed by atoms with van der Waals surface area (Å²) in [5.74, 6) is -0.0906. The Labute approximate surface area is 373 Å². The molecule has 0 spiro atoms. The van der Waals surface area contributed by atoms with Gasteiger partial charge in [-0.3, -0.25) is 9.59 Å². The summed E-state index contributed by atoms with van der Waals surface area (Å²) in [6.45, 7) is 4.89. The smallest absolute Gasteiger partial charge is 0.305 e. The molecule has 60 heavy (non-hydrogen) atoms. The van der Waals surface area contributed by atoms with Crippen molar-refractivity contribution in [2.24, 2.45) is 0 Å². The zero-order valence-corrected chi connectivity index (χ0v) is 40.2. The summed E-state index contributed by atoms with van der Waals surface area (Å²) in [7, 11) is 0. The van der Waals surface area contributed by atoms with Gasteiger partial charge in [-0.25, -0.2) is 0 Å². The molecule has 3 N–H and O–H groups in total. The summed E-state index contributed by atoms with van der Waals surface area (Å²) >= 11 is 0. The molecule has 2 atom stereocenters. The van der Waals surface area contributed by atoms with Crippen LogP contribution in [-0.4, -0.2) is 47.4 Å². The fraction of sp³-hybridized carbons (Fsp3) is 0.889. The lowest BCUT2D eigenvalue weighted by Gasteiger charge is -2.22. The van der Waals surface area contributed by atoms with Crippen molar-refractivity contribution in [3.8, 4) is 0 Å². The number of carbonyl (C=O) groups excluding carboxylic acids is 2. The van der Waals surface area contributed by atoms with Gasteiger partial charge in [0.05, 0.1) is 25.4 Å². The molecule has 0 aromatic carbocycles. The minimum atomic E-state index is -0.680. The van der Waals surface area contributed by atoms with Gasteiger partial charge in [-0.2, -0.15) is 0 Å². The van der Waals surface area contributed by atoms with Crippen LogP contribution in [0.3, 0.4) is 0 Å². The van der Waals surface area contributed by atoms with E-state index in [2.05, 4.69) is 43.5 Å². The highest BCUT2D eigenvalue weighted by atomic mass is 16.5. The van der Waals surface area contributed by atoms with Crippen molar-refractivity contribution in [3.05, 3.63) is 24.3 Å². The molecule has 0 saturated carbocycles. The summed E-state index contributed by atoms with van der Waals surface area (Å²) in [6.07, 6.45) is 58.6. The van der Waals surface area contributed by atoms with Crippen LogP contribution in [0.15, 0.2) is 24.3 Å². The number of hydrogen-bond donors (Lipinski definition) is 3. The third-order valence-electron chi connectivity index (χ3n) is 12.2. The Morgan fingerprint density at radius 1 is 0.450 bits per heavy atom. The Hall–Kier alpha value is -1.66. The quantitative estimate of drug-likeness (QED) is 0.0322.